The molecule has 1 aromatic rings. The molecule has 0 bridgehead atoms. The summed E-state index contributed by atoms with van der Waals surface area (Å²) in [5, 5.41) is 6.90. The lowest BCUT2D eigenvalue weighted by Crippen LogP contribution is -2.17. The zero-order chi connectivity index (χ0) is 13.3. The summed E-state index contributed by atoms with van der Waals surface area (Å²) in [4.78, 5) is 11.4. The standard InChI is InChI=1S/C9H15N3O3.C2H6/c1-4-15-9(13)12-8(10-2)5-7(11-12)6-14-3;1-2/h5,10H,4,6H2,1-3H3;1-2H3. The number of carbonyl (C=O) groups excluding carboxylic acids is 1. The van der Waals surface area contributed by atoms with E-state index < -0.39 is 6.09 Å². The van der Waals surface area contributed by atoms with Gasteiger partial charge >= 0.3 is 6.09 Å². The quantitative estimate of drug-likeness (QED) is 0.877. The molecule has 1 N–H and O–H groups in total. The molecule has 1 rings (SSSR count). The summed E-state index contributed by atoms with van der Waals surface area (Å²) in [6, 6.07) is 1.74. The second-order valence-electron chi connectivity index (χ2n) is 2.81. The normalized spacial score (nSPS) is 9.24. The number of carbonyl (C=O) groups is 1. The number of aromatic nitrogens is 2. The monoisotopic (exact) mass is 243 g/mol. The summed E-state index contributed by atoms with van der Waals surface area (Å²) in [5.41, 5.74) is 0.676. The van der Waals surface area contributed by atoms with Crippen LogP contribution in [0.2, 0.25) is 0 Å². The maximum atomic E-state index is 11.4. The average molecular weight is 243 g/mol. The summed E-state index contributed by atoms with van der Waals surface area (Å²) in [7, 11) is 3.28. The molecular weight excluding hydrogens is 222 g/mol. The third kappa shape index (κ3) is 4.44. The minimum absolute atomic E-state index is 0.321. The molecule has 0 amide bonds. The zero-order valence-corrected chi connectivity index (χ0v) is 11.1. The van der Waals surface area contributed by atoms with Crippen molar-refractivity contribution in [3.63, 3.8) is 0 Å². The molecule has 0 aliphatic rings. The van der Waals surface area contributed by atoms with Crippen LogP contribution in [0.15, 0.2) is 6.07 Å². The van der Waals surface area contributed by atoms with Crippen LogP contribution in [0.1, 0.15) is 26.5 Å². The summed E-state index contributed by atoms with van der Waals surface area (Å²) in [6.07, 6.45) is -0.496. The Labute approximate surface area is 102 Å². The van der Waals surface area contributed by atoms with Crippen molar-refractivity contribution in [1.82, 2.24) is 9.78 Å². The fourth-order valence-electron chi connectivity index (χ4n) is 1.15. The van der Waals surface area contributed by atoms with Gasteiger partial charge < -0.3 is 14.8 Å². The Morgan fingerprint density at radius 2 is 2.18 bits per heavy atom. The van der Waals surface area contributed by atoms with Gasteiger partial charge in [0.15, 0.2) is 0 Å². The molecule has 0 aliphatic heterocycles. The molecule has 6 heteroatoms. The second kappa shape index (κ2) is 8.58. The molecule has 0 radical (unpaired) electrons. The van der Waals surface area contributed by atoms with Crippen LogP contribution in [0.5, 0.6) is 0 Å². The Kier molecular flexibility index (Phi) is 7.79. The van der Waals surface area contributed by atoms with E-state index in [1.807, 2.05) is 13.8 Å². The van der Waals surface area contributed by atoms with Crippen LogP contribution in [-0.4, -0.2) is 36.6 Å². The fourth-order valence-corrected chi connectivity index (χ4v) is 1.15. The largest absolute Gasteiger partial charge is 0.448 e. The van der Waals surface area contributed by atoms with Gasteiger partial charge in [0, 0.05) is 20.2 Å². The number of nitrogens with zero attached hydrogens (tertiary/aromatic N) is 2. The van der Waals surface area contributed by atoms with Crippen molar-refractivity contribution in [2.75, 3.05) is 26.1 Å². The SMILES string of the molecule is CC.CCOC(=O)n1nc(COC)cc1NC. The van der Waals surface area contributed by atoms with Gasteiger partial charge in [0.25, 0.3) is 0 Å². The van der Waals surface area contributed by atoms with Gasteiger partial charge in [-0.2, -0.15) is 5.10 Å². The maximum absolute atomic E-state index is 11.4. The minimum atomic E-state index is -0.496. The van der Waals surface area contributed by atoms with Gasteiger partial charge in [-0.3, -0.25) is 0 Å². The molecule has 1 aromatic heterocycles. The van der Waals surface area contributed by atoms with Crippen LogP contribution in [0.25, 0.3) is 0 Å². The van der Waals surface area contributed by atoms with Crippen LogP contribution in [0.4, 0.5) is 10.6 Å². The maximum Gasteiger partial charge on any atom is 0.436 e. The molecule has 1 heterocycles. The summed E-state index contributed by atoms with van der Waals surface area (Å²) in [6.45, 7) is 6.43. The summed E-state index contributed by atoms with van der Waals surface area (Å²) >= 11 is 0. The van der Waals surface area contributed by atoms with E-state index in [2.05, 4.69) is 10.4 Å². The smallest absolute Gasteiger partial charge is 0.436 e. The highest BCUT2D eigenvalue weighted by molar-refractivity contribution is 5.74. The highest BCUT2D eigenvalue weighted by atomic mass is 16.6. The van der Waals surface area contributed by atoms with Crippen molar-refractivity contribution in [2.45, 2.75) is 27.4 Å². The third-order valence-corrected chi connectivity index (χ3v) is 1.75. The van der Waals surface area contributed by atoms with Crippen molar-refractivity contribution in [3.05, 3.63) is 11.8 Å². The van der Waals surface area contributed by atoms with Gasteiger partial charge in [-0.05, 0) is 6.92 Å². The second-order valence-corrected chi connectivity index (χ2v) is 2.81. The molecule has 0 aromatic carbocycles. The fraction of sp³-hybridized carbons (Fsp3) is 0.636. The predicted molar refractivity (Wildman–Crippen MR) is 66.3 cm³/mol. The number of methoxy groups -OCH3 is 1. The van der Waals surface area contributed by atoms with E-state index in [9.17, 15) is 4.79 Å². The molecule has 0 aliphatic carbocycles. The van der Waals surface area contributed by atoms with E-state index in [1.165, 1.54) is 4.68 Å². The lowest BCUT2D eigenvalue weighted by Gasteiger charge is -2.04. The van der Waals surface area contributed by atoms with E-state index in [1.54, 1.807) is 27.1 Å². The molecule has 98 valence electrons. The number of ether oxygens (including phenoxy) is 2. The molecule has 0 saturated carbocycles. The van der Waals surface area contributed by atoms with Crippen LogP contribution >= 0.6 is 0 Å². The topological polar surface area (TPSA) is 65.4 Å². The highest BCUT2D eigenvalue weighted by Crippen LogP contribution is 2.11. The molecular formula is C11H21N3O3. The molecule has 6 nitrogen and oxygen atoms in total. The van der Waals surface area contributed by atoms with E-state index in [0.29, 0.717) is 24.7 Å². The predicted octanol–water partition coefficient (Wildman–Crippen LogP) is 2.10. The van der Waals surface area contributed by atoms with Crippen molar-refractivity contribution < 1.29 is 14.3 Å². The lowest BCUT2D eigenvalue weighted by molar-refractivity contribution is 0.149. The lowest BCUT2D eigenvalue weighted by atomic mass is 10.4. The van der Waals surface area contributed by atoms with E-state index in [-0.39, 0.29) is 0 Å². The van der Waals surface area contributed by atoms with E-state index in [0.717, 1.165) is 0 Å². The Balaban J connectivity index is 0.00000121. The number of hydrogen-bond donors (Lipinski definition) is 1. The molecule has 0 unspecified atom stereocenters. The molecule has 17 heavy (non-hydrogen) atoms. The first-order valence-electron chi connectivity index (χ1n) is 5.65. The number of anilines is 1. The van der Waals surface area contributed by atoms with Crippen LogP contribution in [0.3, 0.4) is 0 Å². The first-order valence-corrected chi connectivity index (χ1v) is 5.65. The third-order valence-electron chi connectivity index (χ3n) is 1.75. The van der Waals surface area contributed by atoms with Crippen molar-refractivity contribution in [1.29, 1.82) is 0 Å². The first-order chi connectivity index (χ1) is 8.22. The Morgan fingerprint density at radius 3 is 2.65 bits per heavy atom. The Morgan fingerprint density at radius 1 is 1.53 bits per heavy atom. The molecule has 0 spiro atoms. The summed E-state index contributed by atoms with van der Waals surface area (Å²) in [5.74, 6) is 0.584. The van der Waals surface area contributed by atoms with Gasteiger partial charge in [0.05, 0.1) is 18.9 Å². The first kappa shape index (κ1) is 15.4. The molecule has 0 atom stereocenters. The van der Waals surface area contributed by atoms with E-state index >= 15 is 0 Å². The van der Waals surface area contributed by atoms with Crippen LogP contribution in [-0.2, 0) is 16.1 Å². The average Bonchev–Trinajstić information content (AvgIpc) is 2.76. The van der Waals surface area contributed by atoms with Gasteiger partial charge in [-0.15, -0.1) is 4.68 Å². The van der Waals surface area contributed by atoms with Gasteiger partial charge in [0.2, 0.25) is 0 Å². The minimum Gasteiger partial charge on any atom is -0.448 e. The van der Waals surface area contributed by atoms with Gasteiger partial charge in [0.1, 0.15) is 5.82 Å². The number of rotatable bonds is 4. The summed E-state index contributed by atoms with van der Waals surface area (Å²) < 4.78 is 10.9. The molecule has 0 saturated heterocycles. The van der Waals surface area contributed by atoms with Gasteiger partial charge in [-0.25, -0.2) is 4.79 Å². The van der Waals surface area contributed by atoms with Crippen molar-refractivity contribution in [2.24, 2.45) is 0 Å². The van der Waals surface area contributed by atoms with Crippen molar-refractivity contribution in [3.8, 4) is 0 Å². The van der Waals surface area contributed by atoms with Gasteiger partial charge in [-0.1, -0.05) is 13.8 Å². The Bertz CT molecular complexity index is 337. The van der Waals surface area contributed by atoms with Crippen molar-refractivity contribution >= 4 is 11.9 Å². The zero-order valence-electron chi connectivity index (χ0n) is 11.1. The highest BCUT2D eigenvalue weighted by Gasteiger charge is 2.13. The van der Waals surface area contributed by atoms with Crippen LogP contribution < -0.4 is 5.32 Å². The Hall–Kier alpha value is -1.56. The molecule has 0 fully saturated rings. The number of hydrogen-bond acceptors (Lipinski definition) is 5. The number of nitrogens with one attached hydrogen (secondary N) is 1. The van der Waals surface area contributed by atoms with E-state index in [4.69, 9.17) is 9.47 Å². The van der Waals surface area contributed by atoms with Crippen LogP contribution in [0, 0.1) is 0 Å².